The minimum absolute atomic E-state index is 0.118. The Morgan fingerprint density at radius 2 is 2.06 bits per heavy atom. The Morgan fingerprint density at radius 3 is 2.76 bits per heavy atom. The van der Waals surface area contributed by atoms with Gasteiger partial charge in [0.15, 0.2) is 11.4 Å². The quantitative estimate of drug-likeness (QED) is 0.883. The standard InChI is InChI=1S/C13H15F2NO/c1-8(2)5-16-6-9-7-17-13-11(9)3-10(14)4-12(13)15/h3-4,7-8,16H,5-6H2,1-2H3. The van der Waals surface area contributed by atoms with Crippen molar-refractivity contribution in [3.05, 3.63) is 35.6 Å². The second-order valence-corrected chi connectivity index (χ2v) is 4.55. The van der Waals surface area contributed by atoms with Crippen LogP contribution in [-0.2, 0) is 6.54 Å². The molecule has 0 saturated carbocycles. The van der Waals surface area contributed by atoms with Gasteiger partial charge in [-0.15, -0.1) is 0 Å². The van der Waals surface area contributed by atoms with Crippen molar-refractivity contribution in [2.75, 3.05) is 6.54 Å². The molecule has 1 heterocycles. The number of furan rings is 1. The van der Waals surface area contributed by atoms with Crippen LogP contribution in [0.15, 0.2) is 22.8 Å². The van der Waals surface area contributed by atoms with Crippen molar-refractivity contribution in [2.24, 2.45) is 5.92 Å². The highest BCUT2D eigenvalue weighted by Crippen LogP contribution is 2.24. The van der Waals surface area contributed by atoms with Gasteiger partial charge in [0.1, 0.15) is 5.82 Å². The Morgan fingerprint density at radius 1 is 1.29 bits per heavy atom. The lowest BCUT2D eigenvalue weighted by atomic mass is 10.1. The summed E-state index contributed by atoms with van der Waals surface area (Å²) in [5.74, 6) is -0.710. The Balaban J connectivity index is 2.23. The summed E-state index contributed by atoms with van der Waals surface area (Å²) in [5.41, 5.74) is 0.895. The van der Waals surface area contributed by atoms with Crippen molar-refractivity contribution in [1.82, 2.24) is 5.32 Å². The zero-order chi connectivity index (χ0) is 12.4. The second-order valence-electron chi connectivity index (χ2n) is 4.55. The number of benzene rings is 1. The number of rotatable bonds is 4. The van der Waals surface area contributed by atoms with E-state index in [4.69, 9.17) is 4.42 Å². The van der Waals surface area contributed by atoms with E-state index in [-0.39, 0.29) is 5.58 Å². The van der Waals surface area contributed by atoms with E-state index in [1.807, 2.05) is 0 Å². The number of hydrogen-bond donors (Lipinski definition) is 1. The average molecular weight is 239 g/mol. The van der Waals surface area contributed by atoms with Gasteiger partial charge in [-0.05, 0) is 18.5 Å². The van der Waals surface area contributed by atoms with Crippen LogP contribution in [0.5, 0.6) is 0 Å². The average Bonchev–Trinajstić information content (AvgIpc) is 2.61. The Labute approximate surface area is 98.6 Å². The van der Waals surface area contributed by atoms with Crippen molar-refractivity contribution in [3.63, 3.8) is 0 Å². The van der Waals surface area contributed by atoms with Gasteiger partial charge in [-0.1, -0.05) is 13.8 Å². The first-order valence-electron chi connectivity index (χ1n) is 5.63. The minimum Gasteiger partial charge on any atom is -0.461 e. The summed E-state index contributed by atoms with van der Waals surface area (Å²) in [4.78, 5) is 0. The van der Waals surface area contributed by atoms with Gasteiger partial charge < -0.3 is 9.73 Å². The van der Waals surface area contributed by atoms with E-state index >= 15 is 0 Å². The smallest absolute Gasteiger partial charge is 0.170 e. The predicted molar refractivity (Wildman–Crippen MR) is 62.7 cm³/mol. The lowest BCUT2D eigenvalue weighted by Crippen LogP contribution is -2.18. The summed E-state index contributed by atoms with van der Waals surface area (Å²) < 4.78 is 31.6. The number of hydrogen-bond acceptors (Lipinski definition) is 2. The maximum Gasteiger partial charge on any atom is 0.170 e. The van der Waals surface area contributed by atoms with Crippen molar-refractivity contribution in [2.45, 2.75) is 20.4 Å². The van der Waals surface area contributed by atoms with E-state index < -0.39 is 11.6 Å². The monoisotopic (exact) mass is 239 g/mol. The van der Waals surface area contributed by atoms with Crippen LogP contribution in [0.3, 0.4) is 0 Å². The van der Waals surface area contributed by atoms with Gasteiger partial charge in [-0.25, -0.2) is 8.78 Å². The summed E-state index contributed by atoms with van der Waals surface area (Å²) in [5, 5.41) is 3.71. The van der Waals surface area contributed by atoms with Crippen LogP contribution in [0.4, 0.5) is 8.78 Å². The Bertz CT molecular complexity index is 519. The molecule has 4 heteroatoms. The molecule has 0 aliphatic carbocycles. The van der Waals surface area contributed by atoms with Crippen LogP contribution < -0.4 is 5.32 Å². The summed E-state index contributed by atoms with van der Waals surface area (Å²) in [6.45, 7) is 5.60. The van der Waals surface area contributed by atoms with Gasteiger partial charge in [0.2, 0.25) is 0 Å². The first-order valence-corrected chi connectivity index (χ1v) is 5.63. The third-order valence-electron chi connectivity index (χ3n) is 2.54. The lowest BCUT2D eigenvalue weighted by Gasteiger charge is -2.05. The third kappa shape index (κ3) is 2.64. The lowest BCUT2D eigenvalue weighted by molar-refractivity contribution is 0.537. The molecular formula is C13H15F2NO. The first-order chi connectivity index (χ1) is 8.08. The number of halogens is 2. The summed E-state index contributed by atoms with van der Waals surface area (Å²) >= 11 is 0. The Hall–Kier alpha value is -1.42. The van der Waals surface area contributed by atoms with E-state index in [0.717, 1.165) is 18.2 Å². The van der Waals surface area contributed by atoms with Crippen molar-refractivity contribution < 1.29 is 13.2 Å². The molecule has 0 amide bonds. The second kappa shape index (κ2) is 4.84. The molecule has 0 atom stereocenters. The number of nitrogens with one attached hydrogen (secondary N) is 1. The maximum absolute atomic E-state index is 13.4. The van der Waals surface area contributed by atoms with Crippen LogP contribution in [0.25, 0.3) is 11.0 Å². The van der Waals surface area contributed by atoms with Crippen LogP contribution >= 0.6 is 0 Å². The molecule has 92 valence electrons. The van der Waals surface area contributed by atoms with Crippen molar-refractivity contribution in [3.8, 4) is 0 Å². The highest BCUT2D eigenvalue weighted by atomic mass is 19.1. The molecule has 2 rings (SSSR count). The molecule has 0 bridgehead atoms. The molecule has 0 spiro atoms. The van der Waals surface area contributed by atoms with Crippen LogP contribution in [-0.4, -0.2) is 6.54 Å². The largest absolute Gasteiger partial charge is 0.461 e. The van der Waals surface area contributed by atoms with Crippen LogP contribution in [0.2, 0.25) is 0 Å². The van der Waals surface area contributed by atoms with Gasteiger partial charge in [-0.3, -0.25) is 0 Å². The molecule has 0 saturated heterocycles. The zero-order valence-corrected chi connectivity index (χ0v) is 9.89. The van der Waals surface area contributed by atoms with Gasteiger partial charge >= 0.3 is 0 Å². The van der Waals surface area contributed by atoms with E-state index in [1.165, 1.54) is 12.3 Å². The van der Waals surface area contributed by atoms with Gasteiger partial charge in [0.05, 0.1) is 6.26 Å². The molecule has 1 aromatic carbocycles. The Kier molecular flexibility index (Phi) is 3.43. The molecule has 0 aliphatic heterocycles. The maximum atomic E-state index is 13.4. The van der Waals surface area contributed by atoms with Gasteiger partial charge in [0, 0.05) is 23.6 Å². The van der Waals surface area contributed by atoms with E-state index in [2.05, 4.69) is 19.2 Å². The molecule has 0 unspecified atom stereocenters. The van der Waals surface area contributed by atoms with E-state index in [9.17, 15) is 8.78 Å². The molecule has 0 aliphatic rings. The highest BCUT2D eigenvalue weighted by Gasteiger charge is 2.11. The van der Waals surface area contributed by atoms with Crippen molar-refractivity contribution >= 4 is 11.0 Å². The van der Waals surface area contributed by atoms with E-state index in [0.29, 0.717) is 17.8 Å². The topological polar surface area (TPSA) is 25.2 Å². The predicted octanol–water partition coefficient (Wildman–Crippen LogP) is 3.46. The molecule has 0 radical (unpaired) electrons. The van der Waals surface area contributed by atoms with Crippen LogP contribution in [0, 0.1) is 17.6 Å². The molecule has 1 aromatic heterocycles. The normalized spacial score (nSPS) is 11.6. The van der Waals surface area contributed by atoms with E-state index in [1.54, 1.807) is 0 Å². The molecule has 2 nitrogen and oxygen atoms in total. The van der Waals surface area contributed by atoms with Crippen molar-refractivity contribution in [1.29, 1.82) is 0 Å². The van der Waals surface area contributed by atoms with Gasteiger partial charge in [-0.2, -0.15) is 0 Å². The molecule has 1 N–H and O–H groups in total. The summed E-state index contributed by atoms with van der Waals surface area (Å²) in [6, 6.07) is 2.13. The highest BCUT2D eigenvalue weighted by molar-refractivity contribution is 5.81. The minimum atomic E-state index is -0.657. The number of fused-ring (bicyclic) bond motifs is 1. The summed E-state index contributed by atoms with van der Waals surface area (Å²) in [7, 11) is 0. The summed E-state index contributed by atoms with van der Waals surface area (Å²) in [6.07, 6.45) is 1.47. The molecule has 17 heavy (non-hydrogen) atoms. The van der Waals surface area contributed by atoms with Crippen LogP contribution in [0.1, 0.15) is 19.4 Å². The zero-order valence-electron chi connectivity index (χ0n) is 9.89. The molecular weight excluding hydrogens is 224 g/mol. The fourth-order valence-electron chi connectivity index (χ4n) is 1.74. The third-order valence-corrected chi connectivity index (χ3v) is 2.54. The fourth-order valence-corrected chi connectivity index (χ4v) is 1.74. The first kappa shape index (κ1) is 12.0. The molecule has 2 aromatic rings. The SMILES string of the molecule is CC(C)CNCc1coc2c(F)cc(F)cc12. The molecule has 0 fully saturated rings. The fraction of sp³-hybridized carbons (Fsp3) is 0.385. The van der Waals surface area contributed by atoms with Gasteiger partial charge in [0.25, 0.3) is 0 Å².